The van der Waals surface area contributed by atoms with Gasteiger partial charge in [0.2, 0.25) is 0 Å². The third-order valence-electron chi connectivity index (χ3n) is 3.72. The molecule has 1 fully saturated rings. The zero-order valence-electron chi connectivity index (χ0n) is 11.3. The number of hydrogen-bond donors (Lipinski definition) is 0. The monoisotopic (exact) mass is 258 g/mol. The fourth-order valence-electron chi connectivity index (χ4n) is 2.43. The van der Waals surface area contributed by atoms with Crippen LogP contribution >= 0.6 is 0 Å². The number of benzene rings is 1. The largest absolute Gasteiger partial charge is 0.379 e. The van der Waals surface area contributed by atoms with Crippen LogP contribution in [0.5, 0.6) is 0 Å². The van der Waals surface area contributed by atoms with Gasteiger partial charge in [-0.05, 0) is 30.5 Å². The van der Waals surface area contributed by atoms with E-state index < -0.39 is 0 Å². The molecule has 0 aliphatic carbocycles. The second-order valence-electron chi connectivity index (χ2n) is 4.98. The van der Waals surface area contributed by atoms with Crippen LogP contribution in [0.4, 0.5) is 0 Å². The maximum Gasteiger partial charge on any atom is 0.253 e. The smallest absolute Gasteiger partial charge is 0.253 e. The number of likely N-dealkylation sites (tertiary alicyclic amines) is 1. The molecule has 1 saturated heterocycles. The molecule has 4 heteroatoms. The fourth-order valence-corrected chi connectivity index (χ4v) is 2.43. The number of carbonyl (C=O) groups is 1. The molecule has 1 aliphatic heterocycles. The fraction of sp³-hybridized carbons (Fsp3) is 0.467. The van der Waals surface area contributed by atoms with Crippen molar-refractivity contribution in [2.75, 3.05) is 20.2 Å². The van der Waals surface area contributed by atoms with Gasteiger partial charge in [0, 0.05) is 25.8 Å². The first kappa shape index (κ1) is 13.6. The molecule has 0 aromatic heterocycles. The van der Waals surface area contributed by atoms with Gasteiger partial charge in [-0.25, -0.2) is 0 Å². The molecule has 1 heterocycles. The maximum absolute atomic E-state index is 12.4. The molecule has 0 radical (unpaired) electrons. The average Bonchev–Trinajstić information content (AvgIpc) is 2.47. The second kappa shape index (κ2) is 5.85. The Hall–Kier alpha value is -1.86. The first-order valence-corrected chi connectivity index (χ1v) is 6.48. The highest BCUT2D eigenvalue weighted by molar-refractivity contribution is 5.94. The highest BCUT2D eigenvalue weighted by atomic mass is 16.5. The van der Waals surface area contributed by atoms with Crippen LogP contribution in [0.1, 0.15) is 29.3 Å². The standard InChI is InChI=1S/C15H18N2O2/c1-11-6-7-17(10-14(11)19-2)15(18)13-5-3-4-12(8-13)9-16/h3-5,8,11,14H,6-7,10H2,1-2H3. The van der Waals surface area contributed by atoms with E-state index in [-0.39, 0.29) is 12.0 Å². The Balaban J connectivity index is 2.13. The molecule has 0 saturated carbocycles. The molecule has 0 bridgehead atoms. The van der Waals surface area contributed by atoms with E-state index in [9.17, 15) is 4.79 Å². The summed E-state index contributed by atoms with van der Waals surface area (Å²) in [5, 5.41) is 8.87. The van der Waals surface area contributed by atoms with E-state index in [1.54, 1.807) is 31.4 Å². The molecule has 1 amide bonds. The highest BCUT2D eigenvalue weighted by Gasteiger charge is 2.29. The molecule has 4 nitrogen and oxygen atoms in total. The Morgan fingerprint density at radius 3 is 3.00 bits per heavy atom. The minimum absolute atomic E-state index is 0.0222. The van der Waals surface area contributed by atoms with Gasteiger partial charge in [0.1, 0.15) is 0 Å². The Morgan fingerprint density at radius 1 is 1.53 bits per heavy atom. The van der Waals surface area contributed by atoms with Crippen molar-refractivity contribution in [2.45, 2.75) is 19.4 Å². The van der Waals surface area contributed by atoms with E-state index >= 15 is 0 Å². The van der Waals surface area contributed by atoms with Crippen molar-refractivity contribution in [1.29, 1.82) is 5.26 Å². The van der Waals surface area contributed by atoms with Crippen molar-refractivity contribution in [2.24, 2.45) is 5.92 Å². The number of carbonyl (C=O) groups excluding carboxylic acids is 1. The van der Waals surface area contributed by atoms with Gasteiger partial charge in [-0.3, -0.25) is 4.79 Å². The summed E-state index contributed by atoms with van der Waals surface area (Å²) in [6, 6.07) is 8.89. The minimum Gasteiger partial charge on any atom is -0.379 e. The van der Waals surface area contributed by atoms with Gasteiger partial charge in [-0.2, -0.15) is 5.26 Å². The van der Waals surface area contributed by atoms with E-state index in [4.69, 9.17) is 10.00 Å². The van der Waals surface area contributed by atoms with E-state index in [0.29, 0.717) is 23.6 Å². The van der Waals surface area contributed by atoms with Crippen molar-refractivity contribution in [3.8, 4) is 6.07 Å². The lowest BCUT2D eigenvalue weighted by Gasteiger charge is -2.36. The summed E-state index contributed by atoms with van der Waals surface area (Å²) in [5.41, 5.74) is 1.09. The molecule has 2 rings (SSSR count). The number of hydrogen-bond acceptors (Lipinski definition) is 3. The van der Waals surface area contributed by atoms with Gasteiger partial charge in [-0.1, -0.05) is 13.0 Å². The zero-order chi connectivity index (χ0) is 13.8. The normalized spacial score (nSPS) is 22.9. The van der Waals surface area contributed by atoms with Gasteiger partial charge in [0.25, 0.3) is 5.91 Å². The van der Waals surface area contributed by atoms with E-state index in [2.05, 4.69) is 13.0 Å². The van der Waals surface area contributed by atoms with Crippen molar-refractivity contribution in [3.63, 3.8) is 0 Å². The van der Waals surface area contributed by atoms with Gasteiger partial charge in [-0.15, -0.1) is 0 Å². The van der Waals surface area contributed by atoms with Gasteiger partial charge >= 0.3 is 0 Å². The number of nitriles is 1. The topological polar surface area (TPSA) is 53.3 Å². The number of amides is 1. The molecule has 2 atom stereocenters. The third kappa shape index (κ3) is 2.94. The van der Waals surface area contributed by atoms with Crippen LogP contribution in [-0.4, -0.2) is 37.1 Å². The number of methoxy groups -OCH3 is 1. The van der Waals surface area contributed by atoms with Crippen LogP contribution in [-0.2, 0) is 4.74 Å². The van der Waals surface area contributed by atoms with Gasteiger partial charge < -0.3 is 9.64 Å². The van der Waals surface area contributed by atoms with Crippen LogP contribution in [0.2, 0.25) is 0 Å². The van der Waals surface area contributed by atoms with Crippen LogP contribution < -0.4 is 0 Å². The Bertz CT molecular complexity index is 507. The van der Waals surface area contributed by atoms with Crippen LogP contribution in [0.25, 0.3) is 0 Å². The summed E-state index contributed by atoms with van der Waals surface area (Å²) in [4.78, 5) is 14.2. The summed E-state index contributed by atoms with van der Waals surface area (Å²) in [6.45, 7) is 3.51. The van der Waals surface area contributed by atoms with Crippen LogP contribution in [0, 0.1) is 17.2 Å². The second-order valence-corrected chi connectivity index (χ2v) is 4.98. The first-order valence-electron chi connectivity index (χ1n) is 6.48. The number of piperidine rings is 1. The summed E-state index contributed by atoms with van der Waals surface area (Å²) >= 11 is 0. The van der Waals surface area contributed by atoms with E-state index in [1.807, 2.05) is 4.90 Å². The molecule has 0 N–H and O–H groups in total. The van der Waals surface area contributed by atoms with Crippen molar-refractivity contribution in [3.05, 3.63) is 35.4 Å². The first-order chi connectivity index (χ1) is 9.15. The zero-order valence-corrected chi connectivity index (χ0v) is 11.3. The Labute approximate surface area is 113 Å². The average molecular weight is 258 g/mol. The predicted octanol–water partition coefficient (Wildman–Crippen LogP) is 2.06. The summed E-state index contributed by atoms with van der Waals surface area (Å²) in [7, 11) is 1.69. The summed E-state index contributed by atoms with van der Waals surface area (Å²) in [5.74, 6) is 0.450. The quantitative estimate of drug-likeness (QED) is 0.816. The molecule has 2 unspecified atom stereocenters. The van der Waals surface area contributed by atoms with Gasteiger partial charge in [0.05, 0.1) is 17.7 Å². The van der Waals surface area contributed by atoms with Crippen molar-refractivity contribution >= 4 is 5.91 Å². The minimum atomic E-state index is -0.0222. The molecule has 1 aromatic rings. The Morgan fingerprint density at radius 2 is 2.32 bits per heavy atom. The number of nitrogens with zero attached hydrogens (tertiary/aromatic N) is 2. The number of ether oxygens (including phenoxy) is 1. The Kier molecular flexibility index (Phi) is 4.18. The molecule has 1 aliphatic rings. The molecular formula is C15H18N2O2. The summed E-state index contributed by atoms with van der Waals surface area (Å²) in [6.07, 6.45) is 1.04. The third-order valence-corrected chi connectivity index (χ3v) is 3.72. The predicted molar refractivity (Wildman–Crippen MR) is 71.6 cm³/mol. The van der Waals surface area contributed by atoms with Gasteiger partial charge in [0.15, 0.2) is 0 Å². The lowest BCUT2D eigenvalue weighted by atomic mass is 9.95. The lowest BCUT2D eigenvalue weighted by Crippen LogP contribution is -2.46. The lowest BCUT2D eigenvalue weighted by molar-refractivity contribution is -0.00156. The molecule has 0 spiro atoms. The van der Waals surface area contributed by atoms with E-state index in [1.165, 1.54) is 0 Å². The van der Waals surface area contributed by atoms with Crippen LogP contribution in [0.3, 0.4) is 0 Å². The SMILES string of the molecule is COC1CN(C(=O)c2cccc(C#N)c2)CCC1C. The highest BCUT2D eigenvalue weighted by Crippen LogP contribution is 2.21. The summed E-state index contributed by atoms with van der Waals surface area (Å²) < 4.78 is 5.42. The van der Waals surface area contributed by atoms with E-state index in [0.717, 1.165) is 13.0 Å². The molecule has 1 aromatic carbocycles. The van der Waals surface area contributed by atoms with Crippen molar-refractivity contribution in [1.82, 2.24) is 4.90 Å². The molecular weight excluding hydrogens is 240 g/mol. The van der Waals surface area contributed by atoms with Crippen molar-refractivity contribution < 1.29 is 9.53 Å². The molecule has 19 heavy (non-hydrogen) atoms. The molecule has 100 valence electrons. The number of rotatable bonds is 2. The maximum atomic E-state index is 12.4. The van der Waals surface area contributed by atoms with Crippen LogP contribution in [0.15, 0.2) is 24.3 Å².